The fourth-order valence-electron chi connectivity index (χ4n) is 4.82. The Balaban J connectivity index is 1.51. The Morgan fingerprint density at radius 3 is 2.08 bits per heavy atom. The van der Waals surface area contributed by atoms with Crippen LogP contribution >= 0.6 is 23.2 Å². The summed E-state index contributed by atoms with van der Waals surface area (Å²) in [4.78, 5) is 31.5. The van der Waals surface area contributed by atoms with E-state index in [1.54, 1.807) is 19.2 Å². The lowest BCUT2D eigenvalue weighted by Crippen LogP contribution is -2.42. The van der Waals surface area contributed by atoms with Gasteiger partial charge in [0.05, 0.1) is 22.6 Å². The van der Waals surface area contributed by atoms with E-state index in [1.807, 2.05) is 54.2 Å². The molecule has 1 fully saturated rings. The summed E-state index contributed by atoms with van der Waals surface area (Å²) in [5.74, 6) is -0.0780. The molecule has 200 valence electrons. The lowest BCUT2D eigenvalue weighted by atomic mass is 9.98. The first kappa shape index (κ1) is 28.0. The van der Waals surface area contributed by atoms with E-state index in [4.69, 9.17) is 23.2 Å². The minimum atomic E-state index is -0.103. The number of rotatable bonds is 9. The van der Waals surface area contributed by atoms with Crippen molar-refractivity contribution >= 4 is 40.7 Å². The van der Waals surface area contributed by atoms with Crippen LogP contribution in [0.3, 0.4) is 0 Å². The van der Waals surface area contributed by atoms with Gasteiger partial charge in [0.15, 0.2) is 0 Å². The number of anilines is 1. The van der Waals surface area contributed by atoms with Crippen LogP contribution in [0.4, 0.5) is 5.69 Å². The zero-order valence-electron chi connectivity index (χ0n) is 22.1. The lowest BCUT2D eigenvalue weighted by molar-refractivity contribution is -0.131. The van der Waals surface area contributed by atoms with Crippen LogP contribution in [0.5, 0.6) is 0 Å². The number of carbonyl (C=O) groups is 2. The maximum absolute atomic E-state index is 13.4. The minimum absolute atomic E-state index is 0.0247. The van der Waals surface area contributed by atoms with Crippen molar-refractivity contribution in [1.29, 1.82) is 0 Å². The Morgan fingerprint density at radius 2 is 1.50 bits per heavy atom. The molecule has 3 aromatic carbocycles. The molecule has 1 aliphatic rings. The van der Waals surface area contributed by atoms with Gasteiger partial charge in [-0.3, -0.25) is 9.59 Å². The van der Waals surface area contributed by atoms with E-state index < -0.39 is 0 Å². The van der Waals surface area contributed by atoms with Gasteiger partial charge in [-0.15, -0.1) is 0 Å². The molecule has 0 saturated carbocycles. The molecule has 1 atom stereocenters. The van der Waals surface area contributed by atoms with E-state index in [0.29, 0.717) is 15.6 Å². The SMILES string of the molecule is CNC(=O)c1ccc(-c2ccc(C(CN3CCCC3)N(C)C(=O)CN(C)c3ccc(Cl)c(Cl)c3)cc2)cc1. The van der Waals surface area contributed by atoms with Crippen molar-refractivity contribution in [2.75, 3.05) is 52.2 Å². The van der Waals surface area contributed by atoms with Gasteiger partial charge in [-0.05, 0) is 73.0 Å². The van der Waals surface area contributed by atoms with Crippen molar-refractivity contribution in [2.45, 2.75) is 18.9 Å². The normalized spacial score (nSPS) is 14.2. The van der Waals surface area contributed by atoms with Crippen molar-refractivity contribution in [3.05, 3.63) is 87.9 Å². The Kier molecular flexibility index (Phi) is 9.31. The number of likely N-dealkylation sites (tertiary alicyclic amines) is 1. The average Bonchev–Trinajstić information content (AvgIpc) is 3.46. The van der Waals surface area contributed by atoms with Gasteiger partial charge in [-0.1, -0.05) is 59.6 Å². The van der Waals surface area contributed by atoms with Gasteiger partial charge in [0.25, 0.3) is 5.91 Å². The van der Waals surface area contributed by atoms with Crippen molar-refractivity contribution in [1.82, 2.24) is 15.1 Å². The van der Waals surface area contributed by atoms with Crippen molar-refractivity contribution < 1.29 is 9.59 Å². The third-order valence-electron chi connectivity index (χ3n) is 7.21. The van der Waals surface area contributed by atoms with Crippen LogP contribution in [0.2, 0.25) is 10.0 Å². The van der Waals surface area contributed by atoms with Gasteiger partial charge in [-0.2, -0.15) is 0 Å². The first-order valence-corrected chi connectivity index (χ1v) is 13.6. The van der Waals surface area contributed by atoms with Gasteiger partial charge in [-0.25, -0.2) is 0 Å². The fourth-order valence-corrected chi connectivity index (χ4v) is 5.11. The monoisotopic (exact) mass is 552 g/mol. The van der Waals surface area contributed by atoms with E-state index >= 15 is 0 Å². The highest BCUT2D eigenvalue weighted by molar-refractivity contribution is 6.42. The van der Waals surface area contributed by atoms with Crippen molar-refractivity contribution in [3.8, 4) is 11.1 Å². The Morgan fingerprint density at radius 1 is 0.895 bits per heavy atom. The van der Waals surface area contributed by atoms with E-state index in [2.05, 4.69) is 34.5 Å². The smallest absolute Gasteiger partial charge is 0.251 e. The average molecular weight is 554 g/mol. The second-order valence-electron chi connectivity index (χ2n) is 9.76. The maximum atomic E-state index is 13.4. The van der Waals surface area contributed by atoms with Crippen LogP contribution in [0.15, 0.2) is 66.7 Å². The predicted molar refractivity (Wildman–Crippen MR) is 156 cm³/mol. The third kappa shape index (κ3) is 6.68. The summed E-state index contributed by atoms with van der Waals surface area (Å²) in [5, 5.41) is 3.60. The van der Waals surface area contributed by atoms with Crippen molar-refractivity contribution in [3.63, 3.8) is 0 Å². The highest BCUT2D eigenvalue weighted by atomic mass is 35.5. The molecule has 6 nitrogen and oxygen atoms in total. The standard InChI is InChI=1S/C30H34Cl2N4O2/c1-33-30(38)24-12-8-22(9-13-24)21-6-10-23(11-7-21)28(19-36-16-4-5-17-36)35(3)29(37)20-34(2)25-14-15-26(31)27(32)18-25/h6-15,18,28H,4-5,16-17,19-20H2,1-3H3,(H,33,38). The van der Waals surface area contributed by atoms with Crippen LogP contribution in [0, 0.1) is 0 Å². The Bertz CT molecular complexity index is 1260. The summed E-state index contributed by atoms with van der Waals surface area (Å²) in [6.45, 7) is 3.12. The number of hydrogen-bond acceptors (Lipinski definition) is 4. The summed E-state index contributed by atoms with van der Waals surface area (Å²) in [5.41, 5.74) is 4.66. The van der Waals surface area contributed by atoms with Crippen LogP contribution in [0.25, 0.3) is 11.1 Å². The van der Waals surface area contributed by atoms with Crippen molar-refractivity contribution in [2.24, 2.45) is 0 Å². The van der Waals surface area contributed by atoms with E-state index in [9.17, 15) is 9.59 Å². The Labute approximate surface area is 235 Å². The van der Waals surface area contributed by atoms with E-state index in [-0.39, 0.29) is 24.4 Å². The largest absolute Gasteiger partial charge is 0.365 e. The summed E-state index contributed by atoms with van der Waals surface area (Å²) in [6, 6.07) is 21.3. The second-order valence-corrected chi connectivity index (χ2v) is 10.6. The number of nitrogens with zero attached hydrogens (tertiary/aromatic N) is 3. The van der Waals surface area contributed by atoms with Crippen LogP contribution < -0.4 is 10.2 Å². The minimum Gasteiger partial charge on any atom is -0.365 e. The summed E-state index contributed by atoms with van der Waals surface area (Å²) in [7, 11) is 5.39. The molecule has 1 unspecified atom stereocenters. The first-order chi connectivity index (χ1) is 18.3. The molecule has 1 aliphatic heterocycles. The number of nitrogens with one attached hydrogen (secondary N) is 1. The molecule has 0 aliphatic carbocycles. The summed E-state index contributed by atoms with van der Waals surface area (Å²) in [6.07, 6.45) is 2.38. The van der Waals surface area contributed by atoms with Gasteiger partial charge < -0.3 is 20.0 Å². The van der Waals surface area contributed by atoms with Gasteiger partial charge >= 0.3 is 0 Å². The number of amides is 2. The topological polar surface area (TPSA) is 55.9 Å². The molecule has 4 rings (SSSR count). The molecule has 0 radical (unpaired) electrons. The van der Waals surface area contributed by atoms with Gasteiger partial charge in [0.2, 0.25) is 5.91 Å². The number of benzene rings is 3. The molecule has 1 saturated heterocycles. The molecule has 1 N–H and O–H groups in total. The zero-order valence-corrected chi connectivity index (χ0v) is 23.6. The predicted octanol–water partition coefficient (Wildman–Crippen LogP) is 5.75. The number of hydrogen-bond donors (Lipinski definition) is 1. The summed E-state index contributed by atoms with van der Waals surface area (Å²) < 4.78 is 0. The molecule has 8 heteroatoms. The van der Waals surface area contributed by atoms with Crippen LogP contribution in [-0.2, 0) is 4.79 Å². The molecular weight excluding hydrogens is 519 g/mol. The molecule has 38 heavy (non-hydrogen) atoms. The molecule has 0 bridgehead atoms. The second kappa shape index (κ2) is 12.7. The number of carbonyl (C=O) groups excluding carboxylic acids is 2. The molecule has 3 aromatic rings. The number of likely N-dealkylation sites (N-methyl/N-ethyl adjacent to an activating group) is 2. The van der Waals surface area contributed by atoms with Gasteiger partial charge in [0, 0.05) is 38.9 Å². The highest BCUT2D eigenvalue weighted by Crippen LogP contribution is 2.29. The first-order valence-electron chi connectivity index (χ1n) is 12.8. The molecule has 1 heterocycles. The van der Waals surface area contributed by atoms with E-state index in [0.717, 1.165) is 42.0 Å². The molecule has 0 aromatic heterocycles. The van der Waals surface area contributed by atoms with Crippen LogP contribution in [0.1, 0.15) is 34.8 Å². The third-order valence-corrected chi connectivity index (χ3v) is 7.95. The molecule has 2 amide bonds. The van der Waals surface area contributed by atoms with Gasteiger partial charge in [0.1, 0.15) is 0 Å². The van der Waals surface area contributed by atoms with E-state index in [1.165, 1.54) is 12.8 Å². The number of halogens is 2. The lowest BCUT2D eigenvalue weighted by Gasteiger charge is -2.33. The highest BCUT2D eigenvalue weighted by Gasteiger charge is 2.26. The maximum Gasteiger partial charge on any atom is 0.251 e. The quantitative estimate of drug-likeness (QED) is 0.367. The summed E-state index contributed by atoms with van der Waals surface area (Å²) >= 11 is 12.3. The Hall–Kier alpha value is -3.06. The molecular formula is C30H34Cl2N4O2. The molecule has 0 spiro atoms. The van der Waals surface area contributed by atoms with Crippen LogP contribution in [-0.4, -0.2) is 68.9 Å². The zero-order chi connectivity index (χ0) is 27.2. The fraction of sp³-hybridized carbons (Fsp3) is 0.333.